The smallest absolute Gasteiger partial charge is 0.310 e. The van der Waals surface area contributed by atoms with Gasteiger partial charge in [-0.1, -0.05) is 33.3 Å². The second kappa shape index (κ2) is 9.45. The molecule has 1 aromatic carbocycles. The lowest BCUT2D eigenvalue weighted by Crippen LogP contribution is -2.44. The van der Waals surface area contributed by atoms with Crippen molar-refractivity contribution in [2.24, 2.45) is 11.8 Å². The predicted molar refractivity (Wildman–Crippen MR) is 107 cm³/mol. The second-order valence-electron chi connectivity index (χ2n) is 7.73. The molecule has 1 saturated heterocycles. The first-order valence-electron chi connectivity index (χ1n) is 10.0. The fraction of sp³-hybridized carbons (Fsp3) is 0.682. The van der Waals surface area contributed by atoms with Gasteiger partial charge in [-0.3, -0.25) is 9.69 Å². The van der Waals surface area contributed by atoms with Crippen molar-refractivity contribution in [3.05, 3.63) is 23.8 Å². The molecule has 0 spiro atoms. The maximum absolute atomic E-state index is 12.6. The minimum atomic E-state index is -0.0858. The van der Waals surface area contributed by atoms with Crippen LogP contribution in [0, 0.1) is 11.8 Å². The molecule has 5 nitrogen and oxygen atoms in total. The number of hydrogen-bond acceptors (Lipinski definition) is 5. The minimum absolute atomic E-state index is 0.0460. The molecule has 3 atom stereocenters. The van der Waals surface area contributed by atoms with Crippen molar-refractivity contribution in [3.8, 4) is 11.5 Å². The normalized spacial score (nSPS) is 25.4. The van der Waals surface area contributed by atoms with E-state index < -0.39 is 0 Å². The molecule has 0 saturated carbocycles. The third-order valence-corrected chi connectivity index (χ3v) is 6.09. The predicted octanol–water partition coefficient (Wildman–Crippen LogP) is 4.28. The van der Waals surface area contributed by atoms with Crippen molar-refractivity contribution in [2.45, 2.75) is 59.0 Å². The van der Waals surface area contributed by atoms with E-state index in [0.717, 1.165) is 49.4 Å². The van der Waals surface area contributed by atoms with Crippen LogP contribution < -0.4 is 9.47 Å². The number of likely N-dealkylation sites (tertiary alicyclic amines) is 1. The molecule has 1 heterocycles. The lowest BCUT2D eigenvalue weighted by atomic mass is 9.79. The first-order chi connectivity index (χ1) is 12.9. The lowest BCUT2D eigenvalue weighted by molar-refractivity contribution is -0.149. The van der Waals surface area contributed by atoms with Gasteiger partial charge in [0, 0.05) is 30.3 Å². The van der Waals surface area contributed by atoms with E-state index in [1.165, 1.54) is 0 Å². The zero-order valence-electron chi connectivity index (χ0n) is 17.7. The molecule has 152 valence electrons. The summed E-state index contributed by atoms with van der Waals surface area (Å²) in [6, 6.07) is 5.93. The molecule has 1 fully saturated rings. The highest BCUT2D eigenvalue weighted by Gasteiger charge is 2.50. The molecule has 2 rings (SSSR count). The Labute approximate surface area is 164 Å². The van der Waals surface area contributed by atoms with E-state index in [-0.39, 0.29) is 23.3 Å². The Bertz CT molecular complexity index is 633. The van der Waals surface area contributed by atoms with Crippen LogP contribution in [-0.4, -0.2) is 43.8 Å². The number of benzene rings is 1. The molecule has 0 amide bonds. The van der Waals surface area contributed by atoms with Crippen LogP contribution in [0.15, 0.2) is 18.2 Å². The van der Waals surface area contributed by atoms with E-state index in [9.17, 15) is 4.79 Å². The molecule has 0 bridgehead atoms. The molecule has 0 aliphatic carbocycles. The Morgan fingerprint density at radius 1 is 1.22 bits per heavy atom. The van der Waals surface area contributed by atoms with Crippen molar-refractivity contribution in [1.82, 2.24) is 4.90 Å². The summed E-state index contributed by atoms with van der Waals surface area (Å²) in [5.41, 5.74) is 1.06. The maximum atomic E-state index is 12.6. The van der Waals surface area contributed by atoms with Crippen LogP contribution in [-0.2, 0) is 16.1 Å². The van der Waals surface area contributed by atoms with E-state index in [4.69, 9.17) is 14.2 Å². The van der Waals surface area contributed by atoms with E-state index in [1.54, 1.807) is 14.2 Å². The Hall–Kier alpha value is -1.75. The third-order valence-electron chi connectivity index (χ3n) is 6.09. The SMILES string of the molecule is CCCOC(=O)C1CN(Cc2ccc(OC)cc2OC)C(C)(CCC)C1C. The standard InChI is InChI=1S/C22H35NO4/c1-7-11-22(4)16(3)19(21(24)27-12-8-2)15-23(22)14-17-9-10-18(25-5)13-20(17)26-6/h9-10,13,16,19H,7-8,11-12,14-15H2,1-6H3. The molecule has 0 radical (unpaired) electrons. The number of hydrogen-bond donors (Lipinski definition) is 0. The van der Waals surface area contributed by atoms with Crippen LogP contribution in [0.4, 0.5) is 0 Å². The Morgan fingerprint density at radius 3 is 2.56 bits per heavy atom. The van der Waals surface area contributed by atoms with Gasteiger partial charge >= 0.3 is 5.97 Å². The van der Waals surface area contributed by atoms with Crippen LogP contribution in [0.2, 0.25) is 0 Å². The quantitative estimate of drug-likeness (QED) is 0.601. The van der Waals surface area contributed by atoms with E-state index >= 15 is 0 Å². The highest BCUT2D eigenvalue weighted by atomic mass is 16.5. The number of carbonyl (C=O) groups is 1. The van der Waals surface area contributed by atoms with Gasteiger partial charge in [0.25, 0.3) is 0 Å². The largest absolute Gasteiger partial charge is 0.497 e. The van der Waals surface area contributed by atoms with Crippen LogP contribution in [0.3, 0.4) is 0 Å². The number of ether oxygens (including phenoxy) is 3. The van der Waals surface area contributed by atoms with Crippen LogP contribution in [0.1, 0.15) is 52.5 Å². The number of carbonyl (C=O) groups excluding carboxylic acids is 1. The molecule has 0 aromatic heterocycles. The number of nitrogens with zero attached hydrogens (tertiary/aromatic N) is 1. The number of esters is 1. The fourth-order valence-corrected chi connectivity index (χ4v) is 4.24. The molecular weight excluding hydrogens is 342 g/mol. The Morgan fingerprint density at radius 2 is 1.96 bits per heavy atom. The zero-order chi connectivity index (χ0) is 20.0. The minimum Gasteiger partial charge on any atom is -0.497 e. The van der Waals surface area contributed by atoms with E-state index in [1.807, 2.05) is 19.1 Å². The average molecular weight is 378 g/mol. The summed E-state index contributed by atoms with van der Waals surface area (Å²) in [6.07, 6.45) is 2.98. The highest BCUT2D eigenvalue weighted by Crippen LogP contribution is 2.44. The van der Waals surface area contributed by atoms with Crippen molar-refractivity contribution in [3.63, 3.8) is 0 Å². The molecule has 5 heteroatoms. The molecular formula is C22H35NO4. The van der Waals surface area contributed by atoms with Gasteiger partial charge in [0.2, 0.25) is 0 Å². The van der Waals surface area contributed by atoms with Gasteiger partial charge in [-0.25, -0.2) is 0 Å². The van der Waals surface area contributed by atoms with Gasteiger partial charge in [0.1, 0.15) is 11.5 Å². The van der Waals surface area contributed by atoms with E-state index in [0.29, 0.717) is 6.61 Å². The van der Waals surface area contributed by atoms with E-state index in [2.05, 4.69) is 31.7 Å². The summed E-state index contributed by atoms with van der Waals surface area (Å²) in [5.74, 6) is 1.69. The lowest BCUT2D eigenvalue weighted by Gasteiger charge is -2.39. The summed E-state index contributed by atoms with van der Waals surface area (Å²) < 4.78 is 16.4. The Kier molecular flexibility index (Phi) is 7.54. The monoisotopic (exact) mass is 377 g/mol. The molecule has 1 aromatic rings. The van der Waals surface area contributed by atoms with Crippen molar-refractivity contribution < 1.29 is 19.0 Å². The van der Waals surface area contributed by atoms with Gasteiger partial charge in [0.05, 0.1) is 26.7 Å². The number of methoxy groups -OCH3 is 2. The summed E-state index contributed by atoms with van der Waals surface area (Å²) in [7, 11) is 3.34. The van der Waals surface area contributed by atoms with Gasteiger partial charge in [-0.05, 0) is 31.7 Å². The summed E-state index contributed by atoms with van der Waals surface area (Å²) in [6.45, 7) is 10.7. The fourth-order valence-electron chi connectivity index (χ4n) is 4.24. The van der Waals surface area contributed by atoms with Crippen molar-refractivity contribution >= 4 is 5.97 Å². The molecule has 27 heavy (non-hydrogen) atoms. The van der Waals surface area contributed by atoms with Crippen LogP contribution in [0.25, 0.3) is 0 Å². The van der Waals surface area contributed by atoms with Gasteiger partial charge in [0.15, 0.2) is 0 Å². The van der Waals surface area contributed by atoms with Gasteiger partial charge < -0.3 is 14.2 Å². The molecule has 3 unspecified atom stereocenters. The summed E-state index contributed by atoms with van der Waals surface area (Å²) in [4.78, 5) is 15.1. The number of rotatable bonds is 9. The molecule has 0 N–H and O–H groups in total. The average Bonchev–Trinajstić information content (AvgIpc) is 2.91. The van der Waals surface area contributed by atoms with Crippen LogP contribution >= 0.6 is 0 Å². The third kappa shape index (κ3) is 4.57. The first-order valence-corrected chi connectivity index (χ1v) is 10.0. The van der Waals surface area contributed by atoms with Crippen molar-refractivity contribution in [2.75, 3.05) is 27.4 Å². The topological polar surface area (TPSA) is 48.0 Å². The van der Waals surface area contributed by atoms with Gasteiger partial charge in [-0.15, -0.1) is 0 Å². The first kappa shape index (κ1) is 21.5. The maximum Gasteiger partial charge on any atom is 0.310 e. The second-order valence-corrected chi connectivity index (χ2v) is 7.73. The summed E-state index contributed by atoms with van der Waals surface area (Å²) in [5, 5.41) is 0. The molecule has 1 aliphatic heterocycles. The molecule has 1 aliphatic rings. The zero-order valence-corrected chi connectivity index (χ0v) is 17.7. The van der Waals surface area contributed by atoms with Gasteiger partial charge in [-0.2, -0.15) is 0 Å². The summed E-state index contributed by atoms with van der Waals surface area (Å²) >= 11 is 0. The Balaban J connectivity index is 2.26. The highest BCUT2D eigenvalue weighted by molar-refractivity contribution is 5.74. The van der Waals surface area contributed by atoms with Crippen molar-refractivity contribution in [1.29, 1.82) is 0 Å². The van der Waals surface area contributed by atoms with Crippen LogP contribution in [0.5, 0.6) is 11.5 Å².